The number of benzene rings is 2. The van der Waals surface area contributed by atoms with Crippen LogP contribution in [0.25, 0.3) is 0 Å². The molecule has 0 spiro atoms. The second kappa shape index (κ2) is 7.95. The van der Waals surface area contributed by atoms with E-state index in [0.717, 1.165) is 18.2 Å². The summed E-state index contributed by atoms with van der Waals surface area (Å²) in [6, 6.07) is 6.26. The summed E-state index contributed by atoms with van der Waals surface area (Å²) in [5.41, 5.74) is -0.582. The molecule has 0 heterocycles. The molecule has 2 rings (SSSR count). The van der Waals surface area contributed by atoms with Crippen LogP contribution in [0.5, 0.6) is 0 Å². The van der Waals surface area contributed by atoms with E-state index in [1.54, 1.807) is 5.32 Å². The second-order valence-electron chi connectivity index (χ2n) is 4.72. The number of esters is 1. The van der Waals surface area contributed by atoms with Crippen LogP contribution in [-0.2, 0) is 9.53 Å². The van der Waals surface area contributed by atoms with Crippen molar-refractivity contribution in [2.24, 2.45) is 0 Å². The molecule has 2 N–H and O–H groups in total. The molecule has 0 saturated carbocycles. The fourth-order valence-electron chi connectivity index (χ4n) is 1.76. The summed E-state index contributed by atoms with van der Waals surface area (Å²) in [6.45, 7) is -0.873. The van der Waals surface area contributed by atoms with Gasteiger partial charge in [0.2, 0.25) is 0 Å². The van der Waals surface area contributed by atoms with Crippen LogP contribution >= 0.6 is 0 Å². The summed E-state index contributed by atoms with van der Waals surface area (Å²) in [4.78, 5) is 34.6. The number of carbonyl (C=O) groups is 3. The van der Waals surface area contributed by atoms with Crippen LogP contribution in [0.4, 0.5) is 23.7 Å². The molecule has 0 aliphatic rings. The minimum atomic E-state index is -1.15. The van der Waals surface area contributed by atoms with E-state index < -0.39 is 47.5 Å². The van der Waals surface area contributed by atoms with Gasteiger partial charge in [0.1, 0.15) is 17.5 Å². The maximum Gasteiger partial charge on any atom is 0.338 e. The number of ether oxygens (including phenoxy) is 1. The molecule has 0 aromatic heterocycles. The summed E-state index contributed by atoms with van der Waals surface area (Å²) in [6.07, 6.45) is 0. The number of nitrogens with one attached hydrogen (secondary N) is 2. The Balaban J connectivity index is 1.85. The fraction of sp³-hybridized carbons (Fsp3) is 0.0625. The summed E-state index contributed by atoms with van der Waals surface area (Å²) in [5, 5.41) is 3.89. The predicted octanol–water partition coefficient (Wildman–Crippen LogP) is 2.61. The van der Waals surface area contributed by atoms with Crippen LogP contribution in [0, 0.1) is 17.5 Å². The van der Waals surface area contributed by atoms with Crippen molar-refractivity contribution in [3.63, 3.8) is 0 Å². The second-order valence-corrected chi connectivity index (χ2v) is 4.72. The highest BCUT2D eigenvalue weighted by atomic mass is 19.1. The number of urea groups is 1. The van der Waals surface area contributed by atoms with Crippen molar-refractivity contribution in [1.82, 2.24) is 5.32 Å². The number of imide groups is 1. The number of para-hydroxylation sites is 1. The van der Waals surface area contributed by atoms with Gasteiger partial charge in [-0.1, -0.05) is 12.1 Å². The Kier molecular flexibility index (Phi) is 5.72. The molecule has 0 aliphatic carbocycles. The highest BCUT2D eigenvalue weighted by Gasteiger charge is 2.15. The van der Waals surface area contributed by atoms with E-state index in [0.29, 0.717) is 6.07 Å². The van der Waals surface area contributed by atoms with Gasteiger partial charge in [-0.25, -0.2) is 22.8 Å². The molecule has 0 atom stereocenters. The van der Waals surface area contributed by atoms with E-state index in [1.165, 1.54) is 18.2 Å². The molecule has 0 saturated heterocycles. The van der Waals surface area contributed by atoms with Gasteiger partial charge in [-0.15, -0.1) is 0 Å². The molecule has 25 heavy (non-hydrogen) atoms. The van der Waals surface area contributed by atoms with Gasteiger partial charge in [0.25, 0.3) is 5.91 Å². The van der Waals surface area contributed by atoms with Crippen LogP contribution < -0.4 is 10.6 Å². The first-order valence-electron chi connectivity index (χ1n) is 6.84. The molecule has 9 heteroatoms. The summed E-state index contributed by atoms with van der Waals surface area (Å²) >= 11 is 0. The fourth-order valence-corrected chi connectivity index (χ4v) is 1.76. The largest absolute Gasteiger partial charge is 0.452 e. The number of hydrogen-bond acceptors (Lipinski definition) is 4. The Hall–Kier alpha value is -3.36. The molecule has 0 unspecified atom stereocenters. The summed E-state index contributed by atoms with van der Waals surface area (Å²) in [5.74, 6) is -4.84. The van der Waals surface area contributed by atoms with Crippen LogP contribution in [0.3, 0.4) is 0 Å². The smallest absolute Gasteiger partial charge is 0.338 e. The summed E-state index contributed by atoms with van der Waals surface area (Å²) in [7, 11) is 0. The van der Waals surface area contributed by atoms with Gasteiger partial charge in [-0.05, 0) is 24.3 Å². The maximum atomic E-state index is 13.3. The van der Waals surface area contributed by atoms with Crippen LogP contribution in [0.2, 0.25) is 0 Å². The van der Waals surface area contributed by atoms with Gasteiger partial charge in [0.05, 0.1) is 11.3 Å². The maximum absolute atomic E-state index is 13.3. The Morgan fingerprint density at radius 2 is 1.60 bits per heavy atom. The van der Waals surface area contributed by atoms with E-state index in [-0.39, 0.29) is 5.69 Å². The number of amides is 3. The summed E-state index contributed by atoms with van der Waals surface area (Å²) < 4.78 is 43.8. The molecule has 2 aromatic rings. The van der Waals surface area contributed by atoms with Crippen molar-refractivity contribution >= 4 is 23.6 Å². The SMILES string of the molecule is O=C(COC(=O)c1cc(F)cc(F)c1)NC(=O)Nc1ccccc1F. The minimum absolute atomic E-state index is 0.153. The normalized spacial score (nSPS) is 10.0. The monoisotopic (exact) mass is 352 g/mol. The van der Waals surface area contributed by atoms with Crippen LogP contribution in [0.1, 0.15) is 10.4 Å². The van der Waals surface area contributed by atoms with Crippen molar-refractivity contribution < 1.29 is 32.3 Å². The molecule has 0 bridgehead atoms. The first kappa shape index (κ1) is 18.0. The van der Waals surface area contributed by atoms with Gasteiger partial charge >= 0.3 is 12.0 Å². The van der Waals surface area contributed by atoms with Crippen molar-refractivity contribution in [3.8, 4) is 0 Å². The zero-order valence-electron chi connectivity index (χ0n) is 12.5. The van der Waals surface area contributed by atoms with Gasteiger partial charge in [-0.3, -0.25) is 10.1 Å². The third-order valence-electron chi connectivity index (χ3n) is 2.81. The molecule has 0 aliphatic heterocycles. The average Bonchev–Trinajstić information content (AvgIpc) is 2.53. The number of hydrogen-bond donors (Lipinski definition) is 2. The molecule has 0 radical (unpaired) electrons. The van der Waals surface area contributed by atoms with Gasteiger partial charge in [0.15, 0.2) is 6.61 Å². The van der Waals surface area contributed by atoms with Gasteiger partial charge < -0.3 is 10.1 Å². The lowest BCUT2D eigenvalue weighted by molar-refractivity contribution is -0.123. The molecule has 0 fully saturated rings. The minimum Gasteiger partial charge on any atom is -0.452 e. The third kappa shape index (κ3) is 5.34. The van der Waals surface area contributed by atoms with Crippen molar-refractivity contribution in [2.45, 2.75) is 0 Å². The number of rotatable bonds is 4. The molecule has 6 nitrogen and oxygen atoms in total. The molecule has 3 amide bonds. The Bertz CT molecular complexity index is 807. The van der Waals surface area contributed by atoms with E-state index in [2.05, 4.69) is 10.1 Å². The third-order valence-corrected chi connectivity index (χ3v) is 2.81. The number of halogens is 3. The topological polar surface area (TPSA) is 84.5 Å². The molecular weight excluding hydrogens is 341 g/mol. The molecule has 130 valence electrons. The van der Waals surface area contributed by atoms with Gasteiger partial charge in [0, 0.05) is 6.07 Å². The Morgan fingerprint density at radius 1 is 0.960 bits per heavy atom. The lowest BCUT2D eigenvalue weighted by atomic mass is 10.2. The average molecular weight is 352 g/mol. The van der Waals surface area contributed by atoms with Crippen molar-refractivity contribution in [1.29, 1.82) is 0 Å². The molecule has 2 aromatic carbocycles. The molecular formula is C16H11F3N2O4. The van der Waals surface area contributed by atoms with E-state index >= 15 is 0 Å². The first-order valence-corrected chi connectivity index (χ1v) is 6.84. The zero-order valence-corrected chi connectivity index (χ0v) is 12.5. The lowest BCUT2D eigenvalue weighted by Gasteiger charge is -2.08. The first-order chi connectivity index (χ1) is 11.8. The predicted molar refractivity (Wildman–Crippen MR) is 80.2 cm³/mol. The quantitative estimate of drug-likeness (QED) is 0.829. The Morgan fingerprint density at radius 3 is 2.24 bits per heavy atom. The standard InChI is InChI=1S/C16H11F3N2O4/c17-10-5-9(6-11(18)7-10)15(23)25-8-14(22)21-16(24)20-13-4-2-1-3-12(13)19/h1-7H,8H2,(H2,20,21,22,24). The zero-order chi connectivity index (χ0) is 18.4. The lowest BCUT2D eigenvalue weighted by Crippen LogP contribution is -2.37. The number of anilines is 1. The highest BCUT2D eigenvalue weighted by molar-refractivity contribution is 6.02. The van der Waals surface area contributed by atoms with E-state index in [1.807, 2.05) is 0 Å². The van der Waals surface area contributed by atoms with Crippen molar-refractivity contribution in [2.75, 3.05) is 11.9 Å². The van der Waals surface area contributed by atoms with Crippen LogP contribution in [0.15, 0.2) is 42.5 Å². The highest BCUT2D eigenvalue weighted by Crippen LogP contribution is 2.12. The van der Waals surface area contributed by atoms with Crippen LogP contribution in [-0.4, -0.2) is 24.5 Å². The van der Waals surface area contributed by atoms with Gasteiger partial charge in [-0.2, -0.15) is 0 Å². The van der Waals surface area contributed by atoms with E-state index in [4.69, 9.17) is 0 Å². The number of carbonyl (C=O) groups excluding carboxylic acids is 3. The van der Waals surface area contributed by atoms with E-state index in [9.17, 15) is 27.6 Å². The Labute approximate surface area is 139 Å². The van der Waals surface area contributed by atoms with Crippen molar-refractivity contribution in [3.05, 3.63) is 65.5 Å².